The van der Waals surface area contributed by atoms with Crippen LogP contribution in [0.3, 0.4) is 0 Å². The van der Waals surface area contributed by atoms with E-state index in [9.17, 15) is 20.2 Å². The fraction of sp³-hybridized carbons (Fsp3) is 0.333. The van der Waals surface area contributed by atoms with Crippen LogP contribution in [0.5, 0.6) is 23.0 Å². The third kappa shape index (κ3) is 5.81. The van der Waals surface area contributed by atoms with Gasteiger partial charge in [-0.2, -0.15) is 0 Å². The van der Waals surface area contributed by atoms with Crippen LogP contribution in [0.2, 0.25) is 0 Å². The summed E-state index contributed by atoms with van der Waals surface area (Å²) in [6, 6.07) is 13.7. The molecule has 0 aliphatic carbocycles. The van der Waals surface area contributed by atoms with E-state index in [-0.39, 0.29) is 13.1 Å². The quantitative estimate of drug-likeness (QED) is 0.301. The van der Waals surface area contributed by atoms with Crippen molar-refractivity contribution in [2.75, 3.05) is 41.5 Å². The van der Waals surface area contributed by atoms with Gasteiger partial charge in [-0.1, -0.05) is 12.1 Å². The predicted molar refractivity (Wildman–Crippen MR) is 127 cm³/mol. The lowest BCUT2D eigenvalue weighted by atomic mass is 9.95. The highest BCUT2D eigenvalue weighted by Gasteiger charge is 2.27. The highest BCUT2D eigenvalue weighted by Crippen LogP contribution is 2.36. The zero-order valence-electron chi connectivity index (χ0n) is 19.8. The first-order chi connectivity index (χ1) is 16.8. The third-order valence-electron chi connectivity index (χ3n) is 5.77. The van der Waals surface area contributed by atoms with Gasteiger partial charge >= 0.3 is 0 Å². The van der Waals surface area contributed by atoms with E-state index in [1.54, 1.807) is 48.5 Å². The van der Waals surface area contributed by atoms with Gasteiger partial charge in [0.15, 0.2) is 23.0 Å². The molecule has 3 aromatic rings. The Bertz CT molecular complexity index is 1100. The molecule has 0 saturated heterocycles. The zero-order valence-corrected chi connectivity index (χ0v) is 19.8. The maximum absolute atomic E-state index is 11.5. The van der Waals surface area contributed by atoms with Crippen LogP contribution in [0.25, 0.3) is 0 Å². The fourth-order valence-electron chi connectivity index (χ4n) is 4.04. The van der Waals surface area contributed by atoms with Crippen molar-refractivity contribution >= 4 is 0 Å². The molecule has 11 nitrogen and oxygen atoms in total. The summed E-state index contributed by atoms with van der Waals surface area (Å²) in [5.41, 5.74) is 2.39. The van der Waals surface area contributed by atoms with Crippen molar-refractivity contribution in [2.24, 2.45) is 0 Å². The molecule has 0 aliphatic rings. The molecule has 186 valence electrons. The lowest BCUT2D eigenvalue weighted by Gasteiger charge is -2.17. The minimum Gasteiger partial charge on any atom is -0.493 e. The highest BCUT2D eigenvalue weighted by atomic mass is 16.6. The molecule has 2 atom stereocenters. The minimum atomic E-state index is -0.639. The summed E-state index contributed by atoms with van der Waals surface area (Å²) in [7, 11) is 5.99. The van der Waals surface area contributed by atoms with Gasteiger partial charge in [-0.05, 0) is 47.5 Å². The molecule has 0 bridgehead atoms. The molecule has 2 aromatic carbocycles. The second kappa shape index (κ2) is 11.2. The molecular formula is C24H27N3O8. The lowest BCUT2D eigenvalue weighted by molar-refractivity contribution is -0.482. The first-order valence-electron chi connectivity index (χ1n) is 10.7. The molecular weight excluding hydrogens is 458 g/mol. The maximum Gasteiger partial charge on any atom is 0.216 e. The standard InChI is InChI=1S/C24H27N3O8/c1-32-21-9-5-15(11-23(21)34-3)17(13-26(28)29)19-7-8-20(25-19)18(14-27(30)31)16-6-10-22(33-2)24(12-16)35-4/h5-12,17-18,25H,13-14H2,1-4H3. The van der Waals surface area contributed by atoms with E-state index in [4.69, 9.17) is 18.9 Å². The van der Waals surface area contributed by atoms with Crippen LogP contribution in [-0.2, 0) is 0 Å². The number of benzene rings is 2. The highest BCUT2D eigenvalue weighted by molar-refractivity contribution is 5.47. The molecule has 0 fully saturated rings. The van der Waals surface area contributed by atoms with Crippen molar-refractivity contribution in [3.63, 3.8) is 0 Å². The maximum atomic E-state index is 11.5. The number of methoxy groups -OCH3 is 4. The third-order valence-corrected chi connectivity index (χ3v) is 5.77. The van der Waals surface area contributed by atoms with E-state index in [2.05, 4.69) is 4.98 Å². The summed E-state index contributed by atoms with van der Waals surface area (Å²) in [6.45, 7) is -0.766. The van der Waals surface area contributed by atoms with E-state index in [1.807, 2.05) is 0 Å². The molecule has 0 amide bonds. The molecule has 1 aromatic heterocycles. The van der Waals surface area contributed by atoms with E-state index < -0.39 is 21.7 Å². The van der Waals surface area contributed by atoms with Gasteiger partial charge in [-0.25, -0.2) is 0 Å². The number of ether oxygens (including phenoxy) is 4. The predicted octanol–water partition coefficient (Wildman–Crippen LogP) is 3.87. The van der Waals surface area contributed by atoms with Crippen LogP contribution >= 0.6 is 0 Å². The number of hydrogen-bond acceptors (Lipinski definition) is 8. The van der Waals surface area contributed by atoms with Crippen molar-refractivity contribution in [1.82, 2.24) is 4.98 Å². The summed E-state index contributed by atoms with van der Waals surface area (Å²) >= 11 is 0. The van der Waals surface area contributed by atoms with Gasteiger partial charge in [0.25, 0.3) is 0 Å². The smallest absolute Gasteiger partial charge is 0.216 e. The van der Waals surface area contributed by atoms with Crippen molar-refractivity contribution in [1.29, 1.82) is 0 Å². The van der Waals surface area contributed by atoms with Gasteiger partial charge in [0, 0.05) is 21.2 Å². The molecule has 1 heterocycles. The summed E-state index contributed by atoms with van der Waals surface area (Å²) in [5.74, 6) is 0.620. The molecule has 11 heteroatoms. The van der Waals surface area contributed by atoms with Crippen LogP contribution in [0, 0.1) is 20.2 Å². The Morgan fingerprint density at radius 2 is 1.03 bits per heavy atom. The number of nitrogens with one attached hydrogen (secondary N) is 1. The Balaban J connectivity index is 2.04. The van der Waals surface area contributed by atoms with Crippen LogP contribution in [-0.4, -0.2) is 56.4 Å². The first-order valence-corrected chi connectivity index (χ1v) is 10.7. The number of H-pyrrole nitrogens is 1. The van der Waals surface area contributed by atoms with E-state index in [1.165, 1.54) is 28.4 Å². The normalized spacial score (nSPS) is 12.5. The van der Waals surface area contributed by atoms with Gasteiger partial charge in [0.05, 0.1) is 40.3 Å². The molecule has 0 saturated carbocycles. The molecule has 3 rings (SSSR count). The SMILES string of the molecule is COc1ccc(C(C[N+](=O)[O-])c2ccc(C(C[N+](=O)[O-])c3ccc(OC)c(OC)c3)[nH]2)cc1OC. The Labute approximate surface area is 201 Å². The second-order valence-corrected chi connectivity index (χ2v) is 7.73. The fourth-order valence-corrected chi connectivity index (χ4v) is 4.04. The number of aromatic nitrogens is 1. The number of rotatable bonds is 12. The van der Waals surface area contributed by atoms with E-state index >= 15 is 0 Å². The summed E-state index contributed by atoms with van der Waals surface area (Å²) < 4.78 is 21.2. The van der Waals surface area contributed by atoms with E-state index in [0.29, 0.717) is 45.5 Å². The van der Waals surface area contributed by atoms with Gasteiger partial charge < -0.3 is 23.9 Å². The topological polar surface area (TPSA) is 139 Å². The molecule has 0 radical (unpaired) electrons. The lowest BCUT2D eigenvalue weighted by Crippen LogP contribution is -2.16. The van der Waals surface area contributed by atoms with Crippen LogP contribution in [0.1, 0.15) is 34.4 Å². The molecule has 0 aliphatic heterocycles. The Kier molecular flexibility index (Phi) is 8.13. The van der Waals surface area contributed by atoms with Crippen LogP contribution in [0.15, 0.2) is 48.5 Å². The van der Waals surface area contributed by atoms with Gasteiger partial charge in [0.2, 0.25) is 13.1 Å². The number of aromatic amines is 1. The van der Waals surface area contributed by atoms with Gasteiger partial charge in [0.1, 0.15) is 0 Å². The Morgan fingerprint density at radius 1 is 0.657 bits per heavy atom. The van der Waals surface area contributed by atoms with Gasteiger partial charge in [-0.3, -0.25) is 20.2 Å². The van der Waals surface area contributed by atoms with E-state index in [0.717, 1.165) is 0 Å². The number of nitrogens with zero attached hydrogens (tertiary/aromatic N) is 2. The summed E-state index contributed by atoms with van der Waals surface area (Å²) in [4.78, 5) is 25.4. The van der Waals surface area contributed by atoms with Crippen molar-refractivity contribution < 1.29 is 28.8 Å². The molecule has 1 N–H and O–H groups in total. The first kappa shape index (κ1) is 25.3. The molecule has 0 spiro atoms. The summed E-state index contributed by atoms with van der Waals surface area (Å²) in [6.07, 6.45) is 0. The Morgan fingerprint density at radius 3 is 1.34 bits per heavy atom. The van der Waals surface area contributed by atoms with Crippen molar-refractivity contribution in [3.05, 3.63) is 91.3 Å². The van der Waals surface area contributed by atoms with Gasteiger partial charge in [-0.15, -0.1) is 0 Å². The largest absolute Gasteiger partial charge is 0.493 e. The van der Waals surface area contributed by atoms with Crippen LogP contribution in [0.4, 0.5) is 0 Å². The average Bonchev–Trinajstić information content (AvgIpc) is 3.34. The monoisotopic (exact) mass is 485 g/mol. The molecule has 2 unspecified atom stereocenters. The average molecular weight is 485 g/mol. The summed E-state index contributed by atoms with van der Waals surface area (Å²) in [5, 5.41) is 23.0. The van der Waals surface area contributed by atoms with Crippen LogP contribution < -0.4 is 18.9 Å². The Hall–Kier alpha value is -4.28. The minimum absolute atomic E-state index is 0.383. The number of hydrogen-bond donors (Lipinski definition) is 1. The van der Waals surface area contributed by atoms with Crippen molar-refractivity contribution in [2.45, 2.75) is 11.8 Å². The van der Waals surface area contributed by atoms with Crippen molar-refractivity contribution in [3.8, 4) is 23.0 Å². The number of nitro groups is 2. The zero-order chi connectivity index (χ0) is 25.5. The second-order valence-electron chi connectivity index (χ2n) is 7.73. The molecule has 35 heavy (non-hydrogen) atoms.